The molecule has 1 amide bonds. The quantitative estimate of drug-likeness (QED) is 0.508. The number of amides is 1. The lowest BCUT2D eigenvalue weighted by Gasteiger charge is -2.24. The fourth-order valence-corrected chi connectivity index (χ4v) is 3.11. The molecular weight excluding hydrogens is 284 g/mol. The van der Waals surface area contributed by atoms with Crippen LogP contribution in [0.4, 0.5) is 5.69 Å². The van der Waals surface area contributed by atoms with Crippen LogP contribution < -0.4 is 5.32 Å². The van der Waals surface area contributed by atoms with Gasteiger partial charge in [-0.25, -0.2) is 0 Å². The molecule has 1 aliphatic carbocycles. The maximum absolute atomic E-state index is 12.5. The van der Waals surface area contributed by atoms with Gasteiger partial charge in [-0.15, -0.1) is 0 Å². The van der Waals surface area contributed by atoms with Crippen molar-refractivity contribution >= 4 is 11.6 Å². The van der Waals surface area contributed by atoms with Gasteiger partial charge in [0.2, 0.25) is 0 Å². The highest BCUT2D eigenvalue weighted by atomic mass is 16.6. The molecule has 2 N–H and O–H groups in total. The minimum atomic E-state index is -0.478. The van der Waals surface area contributed by atoms with E-state index < -0.39 is 4.92 Å². The third kappa shape index (κ3) is 3.62. The van der Waals surface area contributed by atoms with E-state index in [2.05, 4.69) is 5.32 Å². The number of nitrogens with one attached hydrogen (secondary N) is 1. The molecule has 2 unspecified atom stereocenters. The van der Waals surface area contributed by atoms with Crippen molar-refractivity contribution < 1.29 is 14.8 Å². The number of hydrogen-bond donors (Lipinski definition) is 2. The molecule has 2 rings (SSSR count). The van der Waals surface area contributed by atoms with Crippen LogP contribution in [-0.4, -0.2) is 28.6 Å². The molecule has 0 spiro atoms. The van der Waals surface area contributed by atoms with Crippen LogP contribution in [0, 0.1) is 23.0 Å². The number of hydrogen-bond acceptors (Lipinski definition) is 4. The SMILES string of the molecule is Cc1c(C(=O)NC2CCCCCC2CO)cccc1[N+](=O)[O-]. The van der Waals surface area contributed by atoms with Gasteiger partial charge in [0.1, 0.15) is 0 Å². The predicted octanol–water partition coefficient (Wildman–Crippen LogP) is 2.57. The van der Waals surface area contributed by atoms with Crippen molar-refractivity contribution in [2.24, 2.45) is 5.92 Å². The molecule has 6 heteroatoms. The van der Waals surface area contributed by atoms with Crippen LogP contribution in [0.15, 0.2) is 18.2 Å². The van der Waals surface area contributed by atoms with Crippen LogP contribution in [0.25, 0.3) is 0 Å². The summed E-state index contributed by atoms with van der Waals surface area (Å²) in [6, 6.07) is 4.45. The highest BCUT2D eigenvalue weighted by molar-refractivity contribution is 5.96. The highest BCUT2D eigenvalue weighted by Gasteiger charge is 2.26. The molecule has 0 heterocycles. The lowest BCUT2D eigenvalue weighted by Crippen LogP contribution is -2.41. The third-order valence-electron chi connectivity index (χ3n) is 4.46. The Kier molecular flexibility index (Phi) is 5.49. The largest absolute Gasteiger partial charge is 0.396 e. The van der Waals surface area contributed by atoms with Crippen LogP contribution in [0.3, 0.4) is 0 Å². The molecule has 1 aliphatic rings. The fourth-order valence-electron chi connectivity index (χ4n) is 3.11. The van der Waals surface area contributed by atoms with Gasteiger partial charge in [-0.3, -0.25) is 14.9 Å². The number of aliphatic hydroxyl groups excluding tert-OH is 1. The average molecular weight is 306 g/mol. The molecule has 1 aromatic rings. The van der Waals surface area contributed by atoms with E-state index in [1.165, 1.54) is 12.1 Å². The Balaban J connectivity index is 2.17. The van der Waals surface area contributed by atoms with E-state index in [-0.39, 0.29) is 30.2 Å². The van der Waals surface area contributed by atoms with Gasteiger partial charge in [0, 0.05) is 35.8 Å². The minimum absolute atomic E-state index is 0.0489. The van der Waals surface area contributed by atoms with Crippen molar-refractivity contribution in [2.75, 3.05) is 6.61 Å². The van der Waals surface area contributed by atoms with E-state index in [9.17, 15) is 20.0 Å². The smallest absolute Gasteiger partial charge is 0.273 e. The van der Waals surface area contributed by atoms with Gasteiger partial charge >= 0.3 is 0 Å². The van der Waals surface area contributed by atoms with Crippen LogP contribution in [0.5, 0.6) is 0 Å². The second kappa shape index (κ2) is 7.35. The van der Waals surface area contributed by atoms with E-state index >= 15 is 0 Å². The second-order valence-corrected chi connectivity index (χ2v) is 5.87. The van der Waals surface area contributed by atoms with Crippen molar-refractivity contribution in [1.82, 2.24) is 5.32 Å². The molecule has 120 valence electrons. The van der Waals surface area contributed by atoms with Crippen molar-refractivity contribution in [3.05, 3.63) is 39.4 Å². The molecule has 1 aromatic carbocycles. The summed E-state index contributed by atoms with van der Waals surface area (Å²) in [4.78, 5) is 23.0. The van der Waals surface area contributed by atoms with Crippen molar-refractivity contribution in [3.63, 3.8) is 0 Å². The number of nitrogens with zero attached hydrogens (tertiary/aromatic N) is 1. The summed E-state index contributed by atoms with van der Waals surface area (Å²) in [6.07, 6.45) is 4.93. The highest BCUT2D eigenvalue weighted by Crippen LogP contribution is 2.25. The van der Waals surface area contributed by atoms with Crippen molar-refractivity contribution in [1.29, 1.82) is 0 Å². The summed E-state index contributed by atoms with van der Waals surface area (Å²) in [5, 5.41) is 23.4. The third-order valence-corrected chi connectivity index (χ3v) is 4.46. The maximum Gasteiger partial charge on any atom is 0.273 e. The van der Waals surface area contributed by atoms with Crippen LogP contribution in [0.1, 0.15) is 48.0 Å². The van der Waals surface area contributed by atoms with Gasteiger partial charge in [-0.05, 0) is 25.8 Å². The van der Waals surface area contributed by atoms with Crippen molar-refractivity contribution in [2.45, 2.75) is 45.1 Å². The fraction of sp³-hybridized carbons (Fsp3) is 0.562. The molecule has 0 saturated heterocycles. The number of carbonyl (C=O) groups is 1. The lowest BCUT2D eigenvalue weighted by atomic mass is 9.95. The zero-order chi connectivity index (χ0) is 16.1. The first-order chi connectivity index (χ1) is 10.5. The first-order valence-corrected chi connectivity index (χ1v) is 7.70. The molecule has 2 atom stereocenters. The Labute approximate surface area is 129 Å². The predicted molar refractivity (Wildman–Crippen MR) is 82.7 cm³/mol. The van der Waals surface area contributed by atoms with E-state index in [4.69, 9.17) is 0 Å². The standard InChI is InChI=1S/C16H22N2O4/c1-11-13(7-5-9-15(11)18(21)22)16(20)17-14-8-4-2-3-6-12(14)10-19/h5,7,9,12,14,19H,2-4,6,8,10H2,1H3,(H,17,20). The molecule has 0 bridgehead atoms. The molecule has 0 radical (unpaired) electrons. The average Bonchev–Trinajstić information content (AvgIpc) is 2.72. The Morgan fingerprint density at radius 3 is 2.77 bits per heavy atom. The Bertz CT molecular complexity index is 559. The number of carbonyl (C=O) groups excluding carboxylic acids is 1. The topological polar surface area (TPSA) is 92.5 Å². The molecule has 22 heavy (non-hydrogen) atoms. The van der Waals surface area contributed by atoms with E-state index in [0.29, 0.717) is 11.1 Å². The number of nitro groups is 1. The van der Waals surface area contributed by atoms with Gasteiger partial charge in [0.25, 0.3) is 11.6 Å². The Morgan fingerprint density at radius 2 is 2.09 bits per heavy atom. The van der Waals surface area contributed by atoms with Gasteiger partial charge in [0.05, 0.1) is 4.92 Å². The lowest BCUT2D eigenvalue weighted by molar-refractivity contribution is -0.385. The monoisotopic (exact) mass is 306 g/mol. The molecule has 6 nitrogen and oxygen atoms in total. The first kappa shape index (κ1) is 16.4. The summed E-state index contributed by atoms with van der Waals surface area (Å²) in [5.74, 6) is -0.239. The molecule has 1 fully saturated rings. The zero-order valence-corrected chi connectivity index (χ0v) is 12.7. The maximum atomic E-state index is 12.5. The first-order valence-electron chi connectivity index (χ1n) is 7.70. The summed E-state index contributed by atoms with van der Waals surface area (Å²) in [5.41, 5.74) is 0.654. The summed E-state index contributed by atoms with van der Waals surface area (Å²) >= 11 is 0. The summed E-state index contributed by atoms with van der Waals surface area (Å²) in [6.45, 7) is 1.64. The minimum Gasteiger partial charge on any atom is -0.396 e. The number of benzene rings is 1. The molecule has 0 aliphatic heterocycles. The number of nitro benzene ring substituents is 1. The zero-order valence-electron chi connectivity index (χ0n) is 12.7. The number of aliphatic hydroxyl groups is 1. The van der Waals surface area contributed by atoms with Gasteiger partial charge in [0.15, 0.2) is 0 Å². The van der Waals surface area contributed by atoms with Gasteiger partial charge in [-0.2, -0.15) is 0 Å². The molecular formula is C16H22N2O4. The summed E-state index contributed by atoms with van der Waals surface area (Å²) < 4.78 is 0. The van der Waals surface area contributed by atoms with E-state index in [1.54, 1.807) is 13.0 Å². The van der Waals surface area contributed by atoms with Gasteiger partial charge in [-0.1, -0.05) is 25.3 Å². The number of rotatable bonds is 4. The van der Waals surface area contributed by atoms with Crippen LogP contribution in [-0.2, 0) is 0 Å². The summed E-state index contributed by atoms with van der Waals surface area (Å²) in [7, 11) is 0. The van der Waals surface area contributed by atoms with Gasteiger partial charge < -0.3 is 10.4 Å². The molecule has 1 saturated carbocycles. The van der Waals surface area contributed by atoms with Crippen LogP contribution in [0.2, 0.25) is 0 Å². The Morgan fingerprint density at radius 1 is 1.36 bits per heavy atom. The second-order valence-electron chi connectivity index (χ2n) is 5.87. The van der Waals surface area contributed by atoms with Crippen molar-refractivity contribution in [3.8, 4) is 0 Å². The van der Waals surface area contributed by atoms with E-state index in [0.717, 1.165) is 32.1 Å². The normalized spacial score (nSPS) is 21.9. The van der Waals surface area contributed by atoms with E-state index in [1.807, 2.05) is 0 Å². The van der Waals surface area contributed by atoms with Crippen LogP contribution >= 0.6 is 0 Å². The molecule has 0 aromatic heterocycles. The Hall–Kier alpha value is -1.95.